The van der Waals surface area contributed by atoms with Gasteiger partial charge in [0.15, 0.2) is 0 Å². The number of nitro benzene ring substituents is 1. The molecular weight excluding hydrogens is 398 g/mol. The summed E-state index contributed by atoms with van der Waals surface area (Å²) in [5.41, 5.74) is 1.23. The first-order valence-electron chi connectivity index (χ1n) is 8.69. The molecule has 0 N–H and O–H groups in total. The summed E-state index contributed by atoms with van der Waals surface area (Å²) in [5, 5.41) is 10.3. The number of thioether (sulfide) groups is 1. The molecule has 9 nitrogen and oxygen atoms in total. The van der Waals surface area contributed by atoms with E-state index in [4.69, 9.17) is 4.74 Å². The minimum absolute atomic E-state index is 0.0310. The van der Waals surface area contributed by atoms with Crippen molar-refractivity contribution in [3.05, 3.63) is 63.3 Å². The highest BCUT2D eigenvalue weighted by Gasteiger charge is 2.41. The third-order valence-electron chi connectivity index (χ3n) is 4.24. The van der Waals surface area contributed by atoms with Crippen molar-refractivity contribution in [3.63, 3.8) is 0 Å². The Bertz CT molecular complexity index is 1010. The third-order valence-corrected chi connectivity index (χ3v) is 5.12. The highest BCUT2D eigenvalue weighted by molar-refractivity contribution is 8.18. The molecule has 1 unspecified atom stereocenters. The van der Waals surface area contributed by atoms with Crippen molar-refractivity contribution in [2.45, 2.75) is 19.9 Å². The van der Waals surface area contributed by atoms with Gasteiger partial charge in [0.05, 0.1) is 16.4 Å². The van der Waals surface area contributed by atoms with Crippen LogP contribution in [0.1, 0.15) is 19.5 Å². The van der Waals surface area contributed by atoms with Crippen LogP contribution in [0.15, 0.2) is 47.5 Å². The number of nitro groups is 1. The van der Waals surface area contributed by atoms with E-state index < -0.39 is 28.1 Å². The van der Waals surface area contributed by atoms with Crippen LogP contribution in [-0.4, -0.2) is 44.2 Å². The Kier molecular flexibility index (Phi) is 5.83. The van der Waals surface area contributed by atoms with E-state index in [1.807, 2.05) is 0 Å². The Hall–Kier alpha value is -3.40. The highest BCUT2D eigenvalue weighted by atomic mass is 32.2. The molecule has 10 heteroatoms. The molecule has 150 valence electrons. The van der Waals surface area contributed by atoms with Crippen LogP contribution in [0.25, 0.3) is 11.8 Å². The van der Waals surface area contributed by atoms with Gasteiger partial charge in [0.2, 0.25) is 0 Å². The van der Waals surface area contributed by atoms with Crippen molar-refractivity contribution in [1.29, 1.82) is 0 Å². The van der Waals surface area contributed by atoms with Gasteiger partial charge in [-0.3, -0.25) is 24.6 Å². The second-order valence-corrected chi connectivity index (χ2v) is 7.05. The number of amides is 2. The molecule has 0 spiro atoms. The van der Waals surface area contributed by atoms with Gasteiger partial charge in [0, 0.05) is 29.7 Å². The van der Waals surface area contributed by atoms with E-state index in [0.717, 1.165) is 16.7 Å². The number of benzene rings is 1. The fraction of sp³-hybridized carbons (Fsp3) is 0.211. The standard InChI is InChI=1S/C19H17N3O6S/c1-3-28-18(24)12(2)21-17(23)16(29-19(21)25)11-15-5-4-10-20(15)13-6-8-14(9-7-13)22(26)27/h4-12H,3H2,1-2H3/b16-11-. The molecule has 1 aliphatic rings. The number of esters is 1. The molecule has 2 amide bonds. The summed E-state index contributed by atoms with van der Waals surface area (Å²) >= 11 is 0.742. The van der Waals surface area contributed by atoms with E-state index in [1.54, 1.807) is 48.0 Å². The predicted octanol–water partition coefficient (Wildman–Crippen LogP) is 3.37. The number of aromatic nitrogens is 1. The molecule has 0 saturated carbocycles. The number of ether oxygens (including phenoxy) is 1. The molecule has 1 fully saturated rings. The summed E-state index contributed by atoms with van der Waals surface area (Å²) in [7, 11) is 0. The first kappa shape index (κ1) is 20.3. The number of imide groups is 1. The molecule has 29 heavy (non-hydrogen) atoms. The zero-order chi connectivity index (χ0) is 21.1. The lowest BCUT2D eigenvalue weighted by atomic mass is 10.2. The molecule has 2 aromatic rings. The minimum Gasteiger partial charge on any atom is -0.464 e. The van der Waals surface area contributed by atoms with E-state index in [0.29, 0.717) is 11.4 Å². The molecule has 1 aliphatic heterocycles. The topological polar surface area (TPSA) is 112 Å². The Morgan fingerprint density at radius 2 is 1.97 bits per heavy atom. The SMILES string of the molecule is CCOC(=O)C(C)N1C(=O)S/C(=C\c2cccn2-c2ccc([N+](=O)[O-])cc2)C1=O. The van der Waals surface area contributed by atoms with E-state index in [1.165, 1.54) is 19.1 Å². The van der Waals surface area contributed by atoms with Gasteiger partial charge in [-0.15, -0.1) is 0 Å². The first-order chi connectivity index (χ1) is 13.8. The van der Waals surface area contributed by atoms with E-state index >= 15 is 0 Å². The zero-order valence-corrected chi connectivity index (χ0v) is 16.4. The third kappa shape index (κ3) is 4.06. The van der Waals surface area contributed by atoms with Crippen LogP contribution < -0.4 is 0 Å². The fourth-order valence-corrected chi connectivity index (χ4v) is 3.69. The van der Waals surface area contributed by atoms with E-state index in [-0.39, 0.29) is 17.2 Å². The van der Waals surface area contributed by atoms with Gasteiger partial charge < -0.3 is 9.30 Å². The second-order valence-electron chi connectivity index (χ2n) is 6.06. The van der Waals surface area contributed by atoms with Crippen LogP contribution in [0.5, 0.6) is 0 Å². The Balaban J connectivity index is 1.87. The van der Waals surface area contributed by atoms with Crippen molar-refractivity contribution >= 4 is 40.6 Å². The summed E-state index contributed by atoms with van der Waals surface area (Å²) in [5.74, 6) is -1.22. The molecule has 1 atom stereocenters. The molecule has 1 aromatic heterocycles. The molecule has 0 aliphatic carbocycles. The largest absolute Gasteiger partial charge is 0.464 e. The normalized spacial score (nSPS) is 16.3. The van der Waals surface area contributed by atoms with E-state index in [9.17, 15) is 24.5 Å². The van der Waals surface area contributed by atoms with Crippen LogP contribution in [0.2, 0.25) is 0 Å². The summed E-state index contributed by atoms with van der Waals surface area (Å²) < 4.78 is 6.62. The van der Waals surface area contributed by atoms with Gasteiger partial charge in [0.25, 0.3) is 16.8 Å². The summed E-state index contributed by atoms with van der Waals surface area (Å²) in [6.45, 7) is 3.24. The quantitative estimate of drug-likeness (QED) is 0.308. The lowest BCUT2D eigenvalue weighted by Gasteiger charge is -2.19. The number of nitrogens with zero attached hydrogens (tertiary/aromatic N) is 3. The van der Waals surface area contributed by atoms with Crippen molar-refractivity contribution in [3.8, 4) is 5.69 Å². The van der Waals surface area contributed by atoms with Gasteiger partial charge >= 0.3 is 5.97 Å². The van der Waals surface area contributed by atoms with Crippen molar-refractivity contribution in [1.82, 2.24) is 9.47 Å². The van der Waals surface area contributed by atoms with Crippen LogP contribution in [-0.2, 0) is 14.3 Å². The molecule has 0 bridgehead atoms. The van der Waals surface area contributed by atoms with Crippen LogP contribution in [0, 0.1) is 10.1 Å². The summed E-state index contributed by atoms with van der Waals surface area (Å²) in [6.07, 6.45) is 3.28. The molecule has 3 rings (SSSR count). The average Bonchev–Trinajstić information content (AvgIpc) is 3.26. The van der Waals surface area contributed by atoms with Crippen molar-refractivity contribution in [2.24, 2.45) is 0 Å². The first-order valence-corrected chi connectivity index (χ1v) is 9.51. The second kappa shape index (κ2) is 8.31. The Morgan fingerprint density at radius 3 is 2.59 bits per heavy atom. The van der Waals surface area contributed by atoms with Crippen LogP contribution >= 0.6 is 11.8 Å². The summed E-state index contributed by atoms with van der Waals surface area (Å²) in [6, 6.07) is 8.41. The van der Waals surface area contributed by atoms with Gasteiger partial charge in [-0.25, -0.2) is 4.79 Å². The summed E-state index contributed by atoms with van der Waals surface area (Å²) in [4.78, 5) is 48.3. The Morgan fingerprint density at radius 1 is 1.28 bits per heavy atom. The molecule has 2 heterocycles. The van der Waals surface area contributed by atoms with Gasteiger partial charge in [-0.05, 0) is 56.0 Å². The number of rotatable bonds is 6. The predicted molar refractivity (Wildman–Crippen MR) is 106 cm³/mol. The van der Waals surface area contributed by atoms with E-state index in [2.05, 4.69) is 0 Å². The molecular formula is C19H17N3O6S. The lowest BCUT2D eigenvalue weighted by Crippen LogP contribution is -2.42. The van der Waals surface area contributed by atoms with Gasteiger partial charge in [-0.1, -0.05) is 0 Å². The molecule has 1 saturated heterocycles. The maximum absolute atomic E-state index is 12.7. The average molecular weight is 415 g/mol. The molecule has 1 aromatic carbocycles. The van der Waals surface area contributed by atoms with Crippen molar-refractivity contribution in [2.75, 3.05) is 6.61 Å². The zero-order valence-electron chi connectivity index (χ0n) is 15.6. The number of hydrogen-bond acceptors (Lipinski definition) is 7. The van der Waals surface area contributed by atoms with Gasteiger partial charge in [-0.2, -0.15) is 0 Å². The fourth-order valence-electron chi connectivity index (χ4n) is 2.80. The van der Waals surface area contributed by atoms with Crippen molar-refractivity contribution < 1.29 is 24.0 Å². The highest BCUT2D eigenvalue weighted by Crippen LogP contribution is 2.34. The smallest absolute Gasteiger partial charge is 0.329 e. The molecule has 0 radical (unpaired) electrons. The lowest BCUT2D eigenvalue weighted by molar-refractivity contribution is -0.384. The Labute approximate surface area is 170 Å². The minimum atomic E-state index is -1.02. The van der Waals surface area contributed by atoms with Crippen LogP contribution in [0.4, 0.5) is 10.5 Å². The van der Waals surface area contributed by atoms with Gasteiger partial charge in [0.1, 0.15) is 6.04 Å². The maximum atomic E-state index is 12.7. The number of non-ortho nitro benzene ring substituents is 1. The monoisotopic (exact) mass is 415 g/mol. The number of carbonyl (C=O) groups is 3. The number of hydrogen-bond donors (Lipinski definition) is 0. The number of carbonyl (C=O) groups excluding carboxylic acids is 3. The maximum Gasteiger partial charge on any atom is 0.329 e. The van der Waals surface area contributed by atoms with Crippen LogP contribution in [0.3, 0.4) is 0 Å².